The number of hydrogen-bond acceptors (Lipinski definition) is 4. The fourth-order valence-electron chi connectivity index (χ4n) is 6.06. The number of amides is 2. The molecule has 0 spiro atoms. The van der Waals surface area contributed by atoms with Crippen LogP contribution in [0.1, 0.15) is 50.2 Å². The van der Waals surface area contributed by atoms with E-state index < -0.39 is 6.09 Å². The van der Waals surface area contributed by atoms with Gasteiger partial charge in [0.1, 0.15) is 6.61 Å². The van der Waals surface area contributed by atoms with Gasteiger partial charge in [-0.3, -0.25) is 4.79 Å². The Morgan fingerprint density at radius 1 is 1.05 bits per heavy atom. The summed E-state index contributed by atoms with van der Waals surface area (Å²) in [7, 11) is 0. The topological polar surface area (TPSA) is 55.8 Å². The van der Waals surface area contributed by atoms with Gasteiger partial charge in [0.15, 0.2) is 0 Å². The fraction of sp³-hybridized carbons (Fsp3) is 0.419. The molecule has 194 valence electrons. The first-order valence-corrected chi connectivity index (χ1v) is 13.6. The average Bonchev–Trinajstić information content (AvgIpc) is 3.30. The minimum absolute atomic E-state index is 0.0500. The number of carbonyl (C=O) groups excluding carboxylic acids is 2. The predicted octanol–water partition coefficient (Wildman–Crippen LogP) is 6.85. The monoisotopic (exact) mass is 519 g/mol. The lowest BCUT2D eigenvalue weighted by molar-refractivity contribution is -0.132. The molecule has 2 amide bonds. The van der Waals surface area contributed by atoms with Crippen LogP contribution in [0.4, 0.5) is 4.79 Å². The molecule has 3 aliphatic rings. The van der Waals surface area contributed by atoms with Crippen LogP contribution in [-0.2, 0) is 26.3 Å². The number of benzene rings is 2. The molecule has 0 aromatic heterocycles. The third-order valence-electron chi connectivity index (χ3n) is 8.25. The number of halogens is 1. The Bertz CT molecular complexity index is 1150. The second-order valence-electron chi connectivity index (χ2n) is 10.6. The van der Waals surface area contributed by atoms with Crippen molar-refractivity contribution in [3.05, 3.63) is 95.1 Å². The highest BCUT2D eigenvalue weighted by Crippen LogP contribution is 2.44. The lowest BCUT2D eigenvalue weighted by Crippen LogP contribution is -2.47. The van der Waals surface area contributed by atoms with Crippen molar-refractivity contribution in [2.24, 2.45) is 11.8 Å². The Morgan fingerprint density at radius 3 is 2.46 bits per heavy atom. The molecule has 2 aromatic rings. The summed E-state index contributed by atoms with van der Waals surface area (Å²) in [4.78, 5) is 28.0. The molecule has 1 aliphatic heterocycles. The quantitative estimate of drug-likeness (QED) is 0.401. The second kappa shape index (κ2) is 11.2. The zero-order chi connectivity index (χ0) is 25.8. The number of allylic oxidation sites excluding steroid dienone is 3. The Hall–Kier alpha value is -2.89. The Kier molecular flexibility index (Phi) is 7.82. The van der Waals surface area contributed by atoms with Crippen LogP contribution in [0, 0.1) is 11.8 Å². The smallest absolute Gasteiger partial charge is 0.416 e. The summed E-state index contributed by atoms with van der Waals surface area (Å²) in [6, 6.07) is 17.7. The van der Waals surface area contributed by atoms with Gasteiger partial charge in [-0.15, -0.1) is 0 Å². The van der Waals surface area contributed by atoms with Crippen LogP contribution >= 0.6 is 11.6 Å². The summed E-state index contributed by atoms with van der Waals surface area (Å²) in [5, 5.41) is 0.666. The number of nitrogens with zero attached hydrogens (tertiary/aromatic N) is 1. The zero-order valence-corrected chi connectivity index (χ0v) is 22.0. The average molecular weight is 520 g/mol. The first-order chi connectivity index (χ1) is 17.9. The van der Waals surface area contributed by atoms with Gasteiger partial charge in [0.05, 0.1) is 18.8 Å². The van der Waals surface area contributed by atoms with Gasteiger partial charge >= 0.3 is 6.09 Å². The van der Waals surface area contributed by atoms with Gasteiger partial charge in [0, 0.05) is 22.8 Å². The Balaban J connectivity index is 1.32. The minimum atomic E-state index is -0.531. The van der Waals surface area contributed by atoms with E-state index in [0.717, 1.165) is 36.8 Å². The number of imide groups is 1. The molecule has 1 saturated heterocycles. The molecule has 3 atom stereocenters. The number of rotatable bonds is 7. The van der Waals surface area contributed by atoms with Crippen molar-refractivity contribution in [1.29, 1.82) is 0 Å². The summed E-state index contributed by atoms with van der Waals surface area (Å²) in [6.45, 7) is 2.93. The van der Waals surface area contributed by atoms with E-state index in [0.29, 0.717) is 11.6 Å². The van der Waals surface area contributed by atoms with Gasteiger partial charge in [-0.25, -0.2) is 9.69 Å². The van der Waals surface area contributed by atoms with Crippen molar-refractivity contribution in [3.8, 4) is 0 Å². The van der Waals surface area contributed by atoms with E-state index in [1.54, 1.807) is 0 Å². The summed E-state index contributed by atoms with van der Waals surface area (Å²) in [5.41, 5.74) is 1.87. The van der Waals surface area contributed by atoms with E-state index in [-0.39, 0.29) is 48.3 Å². The van der Waals surface area contributed by atoms with Crippen LogP contribution < -0.4 is 0 Å². The van der Waals surface area contributed by atoms with Crippen molar-refractivity contribution < 1.29 is 19.1 Å². The molecule has 2 fully saturated rings. The largest absolute Gasteiger partial charge is 0.447 e. The molecule has 0 bridgehead atoms. The van der Waals surface area contributed by atoms with Gasteiger partial charge in [0.2, 0.25) is 5.91 Å². The number of hydrogen-bond donors (Lipinski definition) is 0. The number of ether oxygens (including phenoxy) is 2. The van der Waals surface area contributed by atoms with Crippen LogP contribution in [0.5, 0.6) is 0 Å². The number of carbonyl (C=O) groups is 2. The molecule has 37 heavy (non-hydrogen) atoms. The van der Waals surface area contributed by atoms with E-state index in [9.17, 15) is 9.59 Å². The van der Waals surface area contributed by atoms with Crippen molar-refractivity contribution in [2.75, 3.05) is 6.61 Å². The normalized spacial score (nSPS) is 29.4. The Morgan fingerprint density at radius 2 is 1.76 bits per heavy atom. The molecule has 1 heterocycles. The van der Waals surface area contributed by atoms with Gasteiger partial charge in [0.25, 0.3) is 0 Å². The first kappa shape index (κ1) is 25.7. The molecule has 2 aliphatic carbocycles. The highest BCUT2D eigenvalue weighted by molar-refractivity contribution is 6.30. The van der Waals surface area contributed by atoms with Crippen molar-refractivity contribution >= 4 is 23.6 Å². The molecular weight excluding hydrogens is 486 g/mol. The fourth-order valence-corrected chi connectivity index (χ4v) is 6.19. The van der Waals surface area contributed by atoms with Crippen LogP contribution in [0.3, 0.4) is 0 Å². The molecule has 0 N–H and O–H groups in total. The predicted molar refractivity (Wildman–Crippen MR) is 144 cm³/mol. The van der Waals surface area contributed by atoms with Gasteiger partial charge in [-0.05, 0) is 54.9 Å². The van der Waals surface area contributed by atoms with E-state index in [1.807, 2.05) is 54.6 Å². The van der Waals surface area contributed by atoms with E-state index in [2.05, 4.69) is 31.2 Å². The van der Waals surface area contributed by atoms with Crippen molar-refractivity contribution in [3.63, 3.8) is 0 Å². The molecular formula is C31H34ClNO4. The van der Waals surface area contributed by atoms with Crippen LogP contribution in [-0.4, -0.2) is 35.7 Å². The van der Waals surface area contributed by atoms with Crippen LogP contribution in [0.2, 0.25) is 5.02 Å². The molecule has 5 rings (SSSR count). The molecule has 6 heteroatoms. The molecule has 0 radical (unpaired) electrons. The summed E-state index contributed by atoms with van der Waals surface area (Å²) in [6.07, 6.45) is 11.4. The summed E-state index contributed by atoms with van der Waals surface area (Å²) < 4.78 is 11.6. The molecule has 2 aromatic carbocycles. The highest BCUT2D eigenvalue weighted by Gasteiger charge is 2.47. The van der Waals surface area contributed by atoms with Gasteiger partial charge < -0.3 is 9.47 Å². The molecule has 1 saturated carbocycles. The van der Waals surface area contributed by atoms with Crippen molar-refractivity contribution in [1.82, 2.24) is 4.90 Å². The van der Waals surface area contributed by atoms with Gasteiger partial charge in [-0.1, -0.05) is 85.3 Å². The molecule has 2 unspecified atom stereocenters. The first-order valence-electron chi connectivity index (χ1n) is 13.2. The van der Waals surface area contributed by atoms with Crippen LogP contribution in [0.25, 0.3) is 0 Å². The highest BCUT2D eigenvalue weighted by atomic mass is 35.5. The van der Waals surface area contributed by atoms with Crippen molar-refractivity contribution in [2.45, 2.75) is 63.2 Å². The maximum absolute atomic E-state index is 13.8. The van der Waals surface area contributed by atoms with Crippen LogP contribution in [0.15, 0.2) is 78.9 Å². The zero-order valence-electron chi connectivity index (χ0n) is 21.2. The maximum atomic E-state index is 13.8. The SMILES string of the molecule is CC1C=CC=CC1[C@H]1COC(=O)N1C(=O)CC1(c2ccc(Cl)cc2)CCC(OCc2ccccc2)CC1. The van der Waals surface area contributed by atoms with E-state index in [1.165, 1.54) is 4.90 Å². The Labute approximate surface area is 224 Å². The lowest BCUT2D eigenvalue weighted by atomic mass is 9.66. The maximum Gasteiger partial charge on any atom is 0.416 e. The second-order valence-corrected chi connectivity index (χ2v) is 11.0. The number of cyclic esters (lactones) is 1. The standard InChI is InChI=1S/C31H34ClNO4/c1-22-7-5-6-10-27(22)28-21-37-30(35)33(28)29(34)19-31(24-11-13-25(32)14-12-24)17-15-26(16-18-31)36-20-23-8-3-2-4-9-23/h2-14,22,26-28H,15-21H2,1H3/t22?,26?,27?,28-,31?/m1/s1. The summed E-state index contributed by atoms with van der Waals surface area (Å²) in [5.74, 6) is 0.109. The lowest BCUT2D eigenvalue weighted by Gasteiger charge is -2.41. The summed E-state index contributed by atoms with van der Waals surface area (Å²) >= 11 is 6.20. The molecule has 5 nitrogen and oxygen atoms in total. The van der Waals surface area contributed by atoms with Gasteiger partial charge in [-0.2, -0.15) is 0 Å². The minimum Gasteiger partial charge on any atom is -0.447 e. The third-order valence-corrected chi connectivity index (χ3v) is 8.50. The van der Waals surface area contributed by atoms with E-state index in [4.69, 9.17) is 21.1 Å². The van der Waals surface area contributed by atoms with E-state index >= 15 is 0 Å². The third kappa shape index (κ3) is 5.68.